The Morgan fingerprint density at radius 1 is 1.12 bits per heavy atom. The number of hydrogen-bond acceptors (Lipinski definition) is 6. The van der Waals surface area contributed by atoms with E-state index in [0.717, 1.165) is 6.07 Å². The van der Waals surface area contributed by atoms with E-state index in [1.54, 1.807) is 17.5 Å². The second-order valence-corrected chi connectivity index (χ2v) is 8.56. The molecular formula is C23H20F3N3O4S. The topological polar surface area (TPSA) is 89.5 Å². The molecule has 0 atom stereocenters. The van der Waals surface area contributed by atoms with Gasteiger partial charge in [0, 0.05) is 18.1 Å². The van der Waals surface area contributed by atoms with Gasteiger partial charge in [-0.1, -0.05) is 12.1 Å². The number of carbonyl (C=O) groups excluding carboxylic acids is 2. The van der Waals surface area contributed by atoms with Gasteiger partial charge in [-0.05, 0) is 48.7 Å². The van der Waals surface area contributed by atoms with Crippen molar-refractivity contribution in [1.29, 1.82) is 0 Å². The second kappa shape index (κ2) is 9.34. The fourth-order valence-corrected chi connectivity index (χ4v) is 3.77. The van der Waals surface area contributed by atoms with Crippen molar-refractivity contribution in [3.8, 4) is 17.2 Å². The number of methoxy groups -OCH3 is 1. The van der Waals surface area contributed by atoms with Crippen molar-refractivity contribution >= 4 is 23.2 Å². The molecule has 4 rings (SSSR count). The number of alkyl halides is 3. The monoisotopic (exact) mass is 491 g/mol. The van der Waals surface area contributed by atoms with Crippen molar-refractivity contribution in [3.05, 3.63) is 70.2 Å². The van der Waals surface area contributed by atoms with E-state index in [-0.39, 0.29) is 35.6 Å². The van der Waals surface area contributed by atoms with Crippen LogP contribution in [0.3, 0.4) is 0 Å². The summed E-state index contributed by atoms with van der Waals surface area (Å²) in [7, 11) is 1.29. The van der Waals surface area contributed by atoms with Crippen LogP contribution in [0.2, 0.25) is 0 Å². The Kier molecular flexibility index (Phi) is 6.47. The zero-order chi connectivity index (χ0) is 24.3. The highest BCUT2D eigenvalue weighted by atomic mass is 32.1. The van der Waals surface area contributed by atoms with Crippen LogP contribution in [0, 0.1) is 0 Å². The normalized spacial score (nSPS) is 14.2. The summed E-state index contributed by atoms with van der Waals surface area (Å²) in [5, 5.41) is 7.51. The molecule has 0 bridgehead atoms. The molecule has 1 aliphatic rings. The van der Waals surface area contributed by atoms with Gasteiger partial charge in [0.25, 0.3) is 5.91 Å². The Balaban J connectivity index is 1.36. The average Bonchev–Trinajstić information content (AvgIpc) is 3.38. The predicted octanol–water partition coefficient (Wildman–Crippen LogP) is 4.54. The van der Waals surface area contributed by atoms with Gasteiger partial charge < -0.3 is 20.1 Å². The molecule has 1 saturated carbocycles. The summed E-state index contributed by atoms with van der Waals surface area (Å²) in [5.74, 6) is -0.755. The number of nitrogens with one attached hydrogen (secondary N) is 2. The number of ether oxygens (including phenoxy) is 2. The number of rotatable bonds is 8. The van der Waals surface area contributed by atoms with Gasteiger partial charge in [-0.25, -0.2) is 4.98 Å². The van der Waals surface area contributed by atoms with Crippen LogP contribution in [-0.2, 0) is 17.5 Å². The van der Waals surface area contributed by atoms with Crippen LogP contribution < -0.4 is 20.1 Å². The minimum atomic E-state index is -4.61. The molecule has 11 heteroatoms. The average molecular weight is 491 g/mol. The Morgan fingerprint density at radius 3 is 2.41 bits per heavy atom. The van der Waals surface area contributed by atoms with Crippen molar-refractivity contribution in [1.82, 2.24) is 15.6 Å². The first-order chi connectivity index (χ1) is 16.2. The van der Waals surface area contributed by atoms with Crippen molar-refractivity contribution in [2.45, 2.75) is 31.1 Å². The summed E-state index contributed by atoms with van der Waals surface area (Å²) >= 11 is 1.19. The van der Waals surface area contributed by atoms with Gasteiger partial charge >= 0.3 is 6.18 Å². The van der Waals surface area contributed by atoms with Gasteiger partial charge in [0.05, 0.1) is 7.11 Å². The van der Waals surface area contributed by atoms with E-state index in [1.807, 2.05) is 0 Å². The number of amides is 2. The lowest BCUT2D eigenvalue weighted by molar-refractivity contribution is -0.138. The van der Waals surface area contributed by atoms with Crippen LogP contribution in [0.4, 0.5) is 13.2 Å². The highest BCUT2D eigenvalue weighted by Crippen LogP contribution is 2.40. The third kappa shape index (κ3) is 5.30. The lowest BCUT2D eigenvalue weighted by Gasteiger charge is -2.17. The molecule has 34 heavy (non-hydrogen) atoms. The molecule has 2 amide bonds. The first kappa shape index (κ1) is 23.6. The van der Waals surface area contributed by atoms with Crippen LogP contribution in [0.5, 0.6) is 17.2 Å². The van der Waals surface area contributed by atoms with Gasteiger partial charge in [-0.15, -0.1) is 11.3 Å². The number of halogens is 3. The van der Waals surface area contributed by atoms with Crippen LogP contribution in [0.15, 0.2) is 54.0 Å². The summed E-state index contributed by atoms with van der Waals surface area (Å²) < 4.78 is 50.4. The SMILES string of the molecule is COc1ccc(Oc2ccc(CNC(=O)C3(NC(=O)c4nccs4)CC3)cc2)c(C(F)(F)F)c1. The molecule has 0 aliphatic heterocycles. The highest BCUT2D eigenvalue weighted by molar-refractivity contribution is 7.11. The van der Waals surface area contributed by atoms with E-state index in [1.165, 1.54) is 48.9 Å². The van der Waals surface area contributed by atoms with Crippen molar-refractivity contribution in [2.24, 2.45) is 0 Å². The van der Waals surface area contributed by atoms with Gasteiger partial charge in [0.2, 0.25) is 5.91 Å². The Morgan fingerprint density at radius 2 is 1.82 bits per heavy atom. The lowest BCUT2D eigenvalue weighted by atomic mass is 10.1. The Hall–Kier alpha value is -3.60. The number of nitrogens with zero attached hydrogens (tertiary/aromatic N) is 1. The van der Waals surface area contributed by atoms with E-state index in [0.29, 0.717) is 23.4 Å². The van der Waals surface area contributed by atoms with Gasteiger partial charge in [0.15, 0.2) is 5.01 Å². The Labute approximate surface area is 196 Å². The zero-order valence-corrected chi connectivity index (χ0v) is 18.8. The molecule has 2 N–H and O–H groups in total. The molecule has 0 unspecified atom stereocenters. The molecule has 7 nitrogen and oxygen atoms in total. The molecule has 3 aromatic rings. The van der Waals surface area contributed by atoms with Crippen LogP contribution >= 0.6 is 11.3 Å². The molecule has 1 heterocycles. The van der Waals surface area contributed by atoms with Crippen molar-refractivity contribution in [2.75, 3.05) is 7.11 Å². The third-order valence-corrected chi connectivity index (χ3v) is 6.03. The summed E-state index contributed by atoms with van der Waals surface area (Å²) in [6.45, 7) is 0.185. The molecule has 1 aromatic heterocycles. The fourth-order valence-electron chi connectivity index (χ4n) is 3.24. The summed E-state index contributed by atoms with van der Waals surface area (Å²) in [6, 6.07) is 9.77. The maximum atomic E-state index is 13.4. The van der Waals surface area contributed by atoms with E-state index in [9.17, 15) is 22.8 Å². The van der Waals surface area contributed by atoms with Crippen molar-refractivity contribution in [3.63, 3.8) is 0 Å². The number of carbonyl (C=O) groups is 2. The van der Waals surface area contributed by atoms with Crippen LogP contribution in [0.25, 0.3) is 0 Å². The van der Waals surface area contributed by atoms with Gasteiger partial charge in [-0.3, -0.25) is 9.59 Å². The number of thiazole rings is 1. The van der Waals surface area contributed by atoms with E-state index in [4.69, 9.17) is 9.47 Å². The first-order valence-corrected chi connectivity index (χ1v) is 11.1. The molecule has 2 aromatic carbocycles. The quantitative estimate of drug-likeness (QED) is 0.483. The van der Waals surface area contributed by atoms with E-state index < -0.39 is 17.3 Å². The first-order valence-electron chi connectivity index (χ1n) is 10.2. The molecule has 0 saturated heterocycles. The molecule has 1 fully saturated rings. The fraction of sp³-hybridized carbons (Fsp3) is 0.261. The second-order valence-electron chi connectivity index (χ2n) is 7.66. The Bertz CT molecular complexity index is 1180. The lowest BCUT2D eigenvalue weighted by Crippen LogP contribution is -2.48. The molecule has 0 radical (unpaired) electrons. The van der Waals surface area contributed by atoms with Crippen LogP contribution in [0.1, 0.15) is 33.8 Å². The standard InChI is InChI=1S/C23H20F3N3O4S/c1-32-16-6-7-18(17(12-16)23(24,25)26)33-15-4-2-14(3-5-15)13-28-21(31)22(8-9-22)29-19(30)20-27-10-11-34-20/h2-7,10-12H,8-9,13H2,1H3,(H,28,31)(H,29,30). The predicted molar refractivity (Wildman–Crippen MR) is 118 cm³/mol. The maximum Gasteiger partial charge on any atom is 0.420 e. The molecule has 1 aliphatic carbocycles. The number of hydrogen-bond donors (Lipinski definition) is 2. The number of benzene rings is 2. The van der Waals surface area contributed by atoms with Crippen LogP contribution in [-0.4, -0.2) is 29.4 Å². The summed E-state index contributed by atoms with van der Waals surface area (Å²) in [5.41, 5.74) is -1.17. The third-order valence-electron chi connectivity index (χ3n) is 5.26. The molecule has 0 spiro atoms. The largest absolute Gasteiger partial charge is 0.497 e. The van der Waals surface area contributed by atoms with E-state index in [2.05, 4.69) is 15.6 Å². The summed E-state index contributed by atoms with van der Waals surface area (Å²) in [4.78, 5) is 28.8. The minimum Gasteiger partial charge on any atom is -0.497 e. The minimum absolute atomic E-state index is 0.0713. The highest BCUT2D eigenvalue weighted by Gasteiger charge is 2.51. The summed E-state index contributed by atoms with van der Waals surface area (Å²) in [6.07, 6.45) is -2.02. The van der Waals surface area contributed by atoms with Crippen molar-refractivity contribution < 1.29 is 32.2 Å². The van der Waals surface area contributed by atoms with E-state index >= 15 is 0 Å². The number of aromatic nitrogens is 1. The van der Waals surface area contributed by atoms with Gasteiger partial charge in [0.1, 0.15) is 28.4 Å². The maximum absolute atomic E-state index is 13.4. The zero-order valence-electron chi connectivity index (χ0n) is 17.9. The molecular weight excluding hydrogens is 471 g/mol. The van der Waals surface area contributed by atoms with Gasteiger partial charge in [-0.2, -0.15) is 13.2 Å². The smallest absolute Gasteiger partial charge is 0.420 e. The molecule has 178 valence electrons.